The van der Waals surface area contributed by atoms with Crippen molar-refractivity contribution in [1.29, 1.82) is 0 Å². The standard InChI is InChI=1S/C21H22N6O3S/c1-4-26-14-21(24-16(26)3)31(28,29)25-17-7-9-18(10-8-17)30-20-13-19(22-15(2)23-20)27-11-5-6-12-27/h5-14,25H,4H2,1-3H3. The first kappa shape index (κ1) is 20.6. The molecule has 0 aliphatic carbocycles. The molecule has 1 N–H and O–H groups in total. The number of sulfonamides is 1. The lowest BCUT2D eigenvalue weighted by Crippen LogP contribution is -2.13. The first-order valence-corrected chi connectivity index (χ1v) is 11.2. The van der Waals surface area contributed by atoms with Gasteiger partial charge in [-0.1, -0.05) is 0 Å². The van der Waals surface area contributed by atoms with E-state index in [2.05, 4.69) is 19.7 Å². The van der Waals surface area contributed by atoms with Crippen LogP contribution in [0.5, 0.6) is 11.6 Å². The van der Waals surface area contributed by atoms with Crippen molar-refractivity contribution >= 4 is 15.7 Å². The van der Waals surface area contributed by atoms with Crippen molar-refractivity contribution in [2.24, 2.45) is 0 Å². The summed E-state index contributed by atoms with van der Waals surface area (Å²) in [5.41, 5.74) is 0.406. The lowest BCUT2D eigenvalue weighted by atomic mass is 10.3. The normalized spacial score (nSPS) is 11.5. The molecule has 160 valence electrons. The van der Waals surface area contributed by atoms with Crippen LogP contribution in [0.4, 0.5) is 5.69 Å². The van der Waals surface area contributed by atoms with Crippen LogP contribution >= 0.6 is 0 Å². The monoisotopic (exact) mass is 438 g/mol. The molecule has 0 fully saturated rings. The minimum atomic E-state index is -3.78. The molecule has 0 saturated carbocycles. The fourth-order valence-corrected chi connectivity index (χ4v) is 4.11. The van der Waals surface area contributed by atoms with E-state index in [1.54, 1.807) is 48.7 Å². The van der Waals surface area contributed by atoms with Crippen LogP contribution in [-0.2, 0) is 16.6 Å². The minimum absolute atomic E-state index is 0.0128. The summed E-state index contributed by atoms with van der Waals surface area (Å²) in [4.78, 5) is 12.8. The number of hydrogen-bond acceptors (Lipinski definition) is 6. The van der Waals surface area contributed by atoms with Gasteiger partial charge >= 0.3 is 0 Å². The summed E-state index contributed by atoms with van der Waals surface area (Å²) in [6.45, 7) is 6.14. The second-order valence-corrected chi connectivity index (χ2v) is 8.48. The van der Waals surface area contributed by atoms with Crippen molar-refractivity contribution in [1.82, 2.24) is 24.1 Å². The third-order valence-electron chi connectivity index (χ3n) is 4.57. The molecular formula is C21H22N6O3S. The van der Waals surface area contributed by atoms with Crippen LogP contribution < -0.4 is 9.46 Å². The molecular weight excluding hydrogens is 416 g/mol. The largest absolute Gasteiger partial charge is 0.439 e. The molecule has 0 bridgehead atoms. The molecule has 31 heavy (non-hydrogen) atoms. The highest BCUT2D eigenvalue weighted by Gasteiger charge is 2.19. The summed E-state index contributed by atoms with van der Waals surface area (Å²) in [5.74, 6) is 2.83. The fourth-order valence-electron chi connectivity index (χ4n) is 3.05. The van der Waals surface area contributed by atoms with Crippen LogP contribution in [0, 0.1) is 13.8 Å². The van der Waals surface area contributed by atoms with Gasteiger partial charge in [-0.15, -0.1) is 0 Å². The Balaban J connectivity index is 1.50. The predicted molar refractivity (Wildman–Crippen MR) is 116 cm³/mol. The number of aryl methyl sites for hydroxylation is 3. The number of nitrogens with zero attached hydrogens (tertiary/aromatic N) is 5. The second-order valence-electron chi connectivity index (χ2n) is 6.85. The van der Waals surface area contributed by atoms with E-state index in [9.17, 15) is 8.42 Å². The van der Waals surface area contributed by atoms with Crippen LogP contribution in [0.1, 0.15) is 18.6 Å². The zero-order chi connectivity index (χ0) is 22.0. The van der Waals surface area contributed by atoms with Crippen molar-refractivity contribution in [3.8, 4) is 17.4 Å². The fraction of sp³-hybridized carbons (Fsp3) is 0.190. The molecule has 4 rings (SSSR count). The van der Waals surface area contributed by atoms with E-state index in [1.807, 2.05) is 36.0 Å². The van der Waals surface area contributed by atoms with Gasteiger partial charge < -0.3 is 13.9 Å². The van der Waals surface area contributed by atoms with E-state index < -0.39 is 10.0 Å². The van der Waals surface area contributed by atoms with Crippen LogP contribution in [0.25, 0.3) is 5.82 Å². The summed E-state index contributed by atoms with van der Waals surface area (Å²) in [6, 6.07) is 12.1. The molecule has 0 aliphatic heterocycles. The summed E-state index contributed by atoms with van der Waals surface area (Å²) in [7, 11) is -3.78. The summed E-state index contributed by atoms with van der Waals surface area (Å²) < 4.78 is 37.2. The molecule has 3 heterocycles. The first-order valence-electron chi connectivity index (χ1n) is 9.67. The number of hydrogen-bond donors (Lipinski definition) is 1. The summed E-state index contributed by atoms with van der Waals surface area (Å²) >= 11 is 0. The van der Waals surface area contributed by atoms with Gasteiger partial charge in [-0.3, -0.25) is 4.72 Å². The highest BCUT2D eigenvalue weighted by Crippen LogP contribution is 2.24. The summed E-state index contributed by atoms with van der Waals surface area (Å²) in [6.07, 6.45) is 5.30. The lowest BCUT2D eigenvalue weighted by molar-refractivity contribution is 0.459. The summed E-state index contributed by atoms with van der Waals surface area (Å²) in [5, 5.41) is -0.0128. The van der Waals surface area contributed by atoms with Crippen molar-refractivity contribution in [3.05, 3.63) is 72.7 Å². The van der Waals surface area contributed by atoms with Gasteiger partial charge in [0, 0.05) is 36.9 Å². The SMILES string of the molecule is CCn1cc(S(=O)(=O)Nc2ccc(Oc3cc(-n4cccc4)nc(C)n3)cc2)nc1C. The average Bonchev–Trinajstić information content (AvgIpc) is 3.39. The Morgan fingerprint density at radius 2 is 1.74 bits per heavy atom. The number of nitrogens with one attached hydrogen (secondary N) is 1. The second kappa shape index (κ2) is 8.23. The molecule has 0 radical (unpaired) electrons. The molecule has 4 aromatic rings. The van der Waals surface area contributed by atoms with Crippen LogP contribution in [0.2, 0.25) is 0 Å². The van der Waals surface area contributed by atoms with Gasteiger partial charge in [-0.25, -0.2) is 9.97 Å². The maximum absolute atomic E-state index is 12.6. The van der Waals surface area contributed by atoms with Gasteiger partial charge in [0.15, 0.2) is 5.03 Å². The molecule has 0 unspecified atom stereocenters. The Kier molecular flexibility index (Phi) is 5.47. The molecule has 0 amide bonds. The van der Waals surface area contributed by atoms with E-state index in [4.69, 9.17) is 4.74 Å². The Labute approximate surface area is 180 Å². The minimum Gasteiger partial charge on any atom is -0.439 e. The van der Waals surface area contributed by atoms with Gasteiger partial charge in [-0.2, -0.15) is 13.4 Å². The maximum Gasteiger partial charge on any atom is 0.280 e. The molecule has 0 spiro atoms. The van der Waals surface area contributed by atoms with Gasteiger partial charge in [-0.05, 0) is 57.2 Å². The third kappa shape index (κ3) is 4.58. The number of anilines is 1. The van der Waals surface area contributed by atoms with Crippen LogP contribution in [-0.4, -0.2) is 32.5 Å². The molecule has 0 aliphatic rings. The Morgan fingerprint density at radius 1 is 1.03 bits per heavy atom. The molecule has 9 nitrogen and oxygen atoms in total. The number of ether oxygens (including phenoxy) is 1. The van der Waals surface area contributed by atoms with Crippen molar-refractivity contribution in [3.63, 3.8) is 0 Å². The number of aromatic nitrogens is 5. The smallest absolute Gasteiger partial charge is 0.280 e. The number of rotatable bonds is 7. The van der Waals surface area contributed by atoms with Gasteiger partial charge in [0.2, 0.25) is 5.88 Å². The van der Waals surface area contributed by atoms with Gasteiger partial charge in [0.25, 0.3) is 10.0 Å². The average molecular weight is 439 g/mol. The zero-order valence-electron chi connectivity index (χ0n) is 17.3. The quantitative estimate of drug-likeness (QED) is 0.472. The van der Waals surface area contributed by atoms with E-state index >= 15 is 0 Å². The number of benzene rings is 1. The van der Waals surface area contributed by atoms with Crippen LogP contribution in [0.3, 0.4) is 0 Å². The lowest BCUT2D eigenvalue weighted by Gasteiger charge is -2.10. The van der Waals surface area contributed by atoms with E-state index in [-0.39, 0.29) is 5.03 Å². The Hall–Kier alpha value is -3.66. The van der Waals surface area contributed by atoms with Gasteiger partial charge in [0.1, 0.15) is 23.2 Å². The molecule has 3 aromatic heterocycles. The predicted octanol–water partition coefficient (Wildman–Crippen LogP) is 3.69. The van der Waals surface area contributed by atoms with E-state index in [1.165, 1.54) is 6.20 Å². The maximum atomic E-state index is 12.6. The first-order chi connectivity index (χ1) is 14.8. The van der Waals surface area contributed by atoms with Crippen molar-refractivity contribution in [2.75, 3.05) is 4.72 Å². The van der Waals surface area contributed by atoms with Crippen molar-refractivity contribution < 1.29 is 13.2 Å². The molecule has 1 aromatic carbocycles. The Bertz CT molecular complexity index is 1300. The van der Waals surface area contributed by atoms with Crippen LogP contribution in [0.15, 0.2) is 66.1 Å². The zero-order valence-corrected chi connectivity index (χ0v) is 18.2. The highest BCUT2D eigenvalue weighted by molar-refractivity contribution is 7.92. The van der Waals surface area contributed by atoms with Gasteiger partial charge in [0.05, 0.1) is 0 Å². The van der Waals surface area contributed by atoms with E-state index in [0.717, 1.165) is 0 Å². The highest BCUT2D eigenvalue weighted by atomic mass is 32.2. The Morgan fingerprint density at radius 3 is 2.39 bits per heavy atom. The number of imidazole rings is 1. The van der Waals surface area contributed by atoms with Crippen molar-refractivity contribution in [2.45, 2.75) is 32.3 Å². The molecule has 0 atom stereocenters. The third-order valence-corrected chi connectivity index (χ3v) is 5.82. The van der Waals surface area contributed by atoms with E-state index in [0.29, 0.717) is 41.3 Å². The molecule has 0 saturated heterocycles. The molecule has 10 heteroatoms. The topological polar surface area (TPSA) is 104 Å².